The topological polar surface area (TPSA) is 154 Å². The van der Waals surface area contributed by atoms with E-state index in [1.807, 2.05) is 31.3 Å². The van der Waals surface area contributed by atoms with Crippen LogP contribution in [0.15, 0.2) is 48.6 Å². The van der Waals surface area contributed by atoms with Crippen molar-refractivity contribution in [3.63, 3.8) is 0 Å². The van der Waals surface area contributed by atoms with E-state index in [1.54, 1.807) is 6.92 Å². The van der Waals surface area contributed by atoms with Gasteiger partial charge in [0.15, 0.2) is 0 Å². The van der Waals surface area contributed by atoms with Gasteiger partial charge in [-0.15, -0.1) is 0 Å². The van der Waals surface area contributed by atoms with Gasteiger partial charge in [-0.05, 0) is 68.0 Å². The summed E-state index contributed by atoms with van der Waals surface area (Å²) in [4.78, 5) is 51.8. The second-order valence-electron chi connectivity index (χ2n) is 11.0. The number of esters is 1. The molecule has 2 aromatic carbocycles. The van der Waals surface area contributed by atoms with E-state index >= 15 is 0 Å². The van der Waals surface area contributed by atoms with Crippen LogP contribution in [0.3, 0.4) is 0 Å². The summed E-state index contributed by atoms with van der Waals surface area (Å²) < 4.78 is 7.07. The zero-order chi connectivity index (χ0) is 31.1. The van der Waals surface area contributed by atoms with Crippen LogP contribution >= 0.6 is 0 Å². The molecular weight excluding hydrogens is 548 g/mol. The molecule has 3 aromatic rings. The smallest absolute Gasteiger partial charge is 0.328 e. The number of hydrogen-bond acceptors (Lipinski definition) is 6. The molecule has 3 atom stereocenters. The third-order valence-corrected chi connectivity index (χ3v) is 7.66. The first-order chi connectivity index (χ1) is 20.6. The lowest BCUT2D eigenvalue weighted by Gasteiger charge is -2.25. The lowest BCUT2D eigenvalue weighted by Crippen LogP contribution is -2.56. The van der Waals surface area contributed by atoms with Gasteiger partial charge in [-0.3, -0.25) is 19.8 Å². The van der Waals surface area contributed by atoms with Gasteiger partial charge in [0, 0.05) is 48.7 Å². The monoisotopic (exact) mass is 588 g/mol. The average Bonchev–Trinajstić information content (AvgIpc) is 3.24. The summed E-state index contributed by atoms with van der Waals surface area (Å²) in [5.74, 6) is -1.72. The van der Waals surface area contributed by atoms with Gasteiger partial charge in [-0.25, -0.2) is 4.79 Å². The molecule has 4 bridgehead atoms. The predicted molar refractivity (Wildman–Crippen MR) is 166 cm³/mol. The summed E-state index contributed by atoms with van der Waals surface area (Å²) in [6, 6.07) is 9.45. The number of amides is 3. The number of ether oxygens (including phenoxy) is 1. The number of carbonyl (C=O) groups excluding carboxylic acids is 4. The third kappa shape index (κ3) is 7.79. The summed E-state index contributed by atoms with van der Waals surface area (Å²) in [6.07, 6.45) is 5.59. The highest BCUT2D eigenvalue weighted by Gasteiger charge is 2.29. The summed E-state index contributed by atoms with van der Waals surface area (Å²) >= 11 is 0. The van der Waals surface area contributed by atoms with E-state index in [0.717, 1.165) is 32.9 Å². The van der Waals surface area contributed by atoms with E-state index < -0.39 is 35.9 Å². The van der Waals surface area contributed by atoms with Crippen LogP contribution in [0.1, 0.15) is 44.2 Å². The molecule has 0 aliphatic carbocycles. The van der Waals surface area contributed by atoms with Gasteiger partial charge in [0.25, 0.3) is 0 Å². The second kappa shape index (κ2) is 14.0. The first-order valence-electron chi connectivity index (χ1n) is 14.5. The Morgan fingerprint density at radius 2 is 1.67 bits per heavy atom. The largest absolute Gasteiger partial charge is 0.467 e. The van der Waals surface area contributed by atoms with E-state index in [2.05, 4.69) is 50.1 Å². The van der Waals surface area contributed by atoms with E-state index in [1.165, 1.54) is 14.0 Å². The fraction of sp³-hybridized carbons (Fsp3) is 0.406. The maximum atomic E-state index is 13.6. The maximum absolute atomic E-state index is 13.6. The van der Waals surface area contributed by atoms with Crippen LogP contribution in [0.5, 0.6) is 0 Å². The molecule has 5 N–H and O–H groups in total. The van der Waals surface area contributed by atoms with Crippen molar-refractivity contribution in [1.29, 1.82) is 5.41 Å². The van der Waals surface area contributed by atoms with Crippen LogP contribution in [0.4, 0.5) is 0 Å². The van der Waals surface area contributed by atoms with Crippen molar-refractivity contribution >= 4 is 51.3 Å². The Balaban J connectivity index is 1.74. The molecule has 0 fully saturated rings. The lowest BCUT2D eigenvalue weighted by molar-refractivity contribution is -0.145. The molecule has 1 unspecified atom stereocenters. The molecule has 0 spiro atoms. The Hall–Kier alpha value is -4.67. The van der Waals surface area contributed by atoms with Crippen LogP contribution in [-0.4, -0.2) is 65.9 Å². The van der Waals surface area contributed by atoms with Gasteiger partial charge in [0.2, 0.25) is 17.7 Å². The molecule has 228 valence electrons. The highest BCUT2D eigenvalue weighted by atomic mass is 16.5. The summed E-state index contributed by atoms with van der Waals surface area (Å²) in [7, 11) is 3.28. The molecule has 43 heavy (non-hydrogen) atoms. The molecule has 11 heteroatoms. The van der Waals surface area contributed by atoms with Crippen molar-refractivity contribution in [2.24, 2.45) is 7.05 Å². The van der Waals surface area contributed by atoms with E-state index in [-0.39, 0.29) is 25.2 Å². The van der Waals surface area contributed by atoms with E-state index in [0.29, 0.717) is 25.2 Å². The van der Waals surface area contributed by atoms with Gasteiger partial charge in [0.05, 0.1) is 12.9 Å². The molecule has 0 radical (unpaired) electrons. The number of benzene rings is 2. The number of fused-ring (bicyclic) bond motifs is 2. The quantitative estimate of drug-likeness (QED) is 0.0980. The number of allylic oxidation sites excluding steroid dienone is 1. The number of methoxy groups -OCH3 is 1. The molecule has 4 rings (SSSR count). The number of amidine groups is 1. The summed E-state index contributed by atoms with van der Waals surface area (Å²) in [5.41, 5.74) is 4.07. The van der Waals surface area contributed by atoms with Crippen LogP contribution in [0, 0.1) is 5.41 Å². The highest BCUT2D eigenvalue weighted by Crippen LogP contribution is 2.30. The van der Waals surface area contributed by atoms with Crippen molar-refractivity contribution < 1.29 is 23.9 Å². The van der Waals surface area contributed by atoms with Crippen LogP contribution in [0.2, 0.25) is 0 Å². The normalized spacial score (nSPS) is 19.6. The molecule has 11 nitrogen and oxygen atoms in total. The van der Waals surface area contributed by atoms with Crippen molar-refractivity contribution in [3.8, 4) is 0 Å². The number of aromatic nitrogens is 1. The number of aryl methyl sites for hydroxylation is 1. The Bertz CT molecular complexity index is 1580. The zero-order valence-corrected chi connectivity index (χ0v) is 25.1. The summed E-state index contributed by atoms with van der Waals surface area (Å²) in [6.45, 7) is 3.39. The van der Waals surface area contributed by atoms with Gasteiger partial charge in [0.1, 0.15) is 18.1 Å². The number of carbonyl (C=O) groups is 4. The average molecular weight is 589 g/mol. The van der Waals surface area contributed by atoms with Crippen molar-refractivity contribution in [3.05, 3.63) is 59.7 Å². The zero-order valence-electron chi connectivity index (χ0n) is 25.1. The van der Waals surface area contributed by atoms with Crippen molar-refractivity contribution in [1.82, 2.24) is 25.8 Å². The molecule has 0 saturated carbocycles. The number of nitrogens with one attached hydrogen (secondary N) is 5. The SMILES string of the molecule is COC(=O)[C@@H]1CC=CCc2ccc3c(c2)c2cc(ccc2n3C)CC(NC(C)=O)C(=O)N[C@H](CCCNC(C)=N)C(=O)N1. The second-order valence-corrected chi connectivity index (χ2v) is 11.0. The molecule has 0 saturated heterocycles. The molecule has 1 aromatic heterocycles. The Labute approximate surface area is 250 Å². The van der Waals surface area contributed by atoms with Crippen LogP contribution < -0.4 is 21.3 Å². The maximum Gasteiger partial charge on any atom is 0.328 e. The highest BCUT2D eigenvalue weighted by molar-refractivity contribution is 6.08. The van der Waals surface area contributed by atoms with Gasteiger partial charge in [-0.1, -0.05) is 24.3 Å². The molecule has 2 heterocycles. The molecule has 1 aliphatic heterocycles. The van der Waals surface area contributed by atoms with E-state index in [9.17, 15) is 19.2 Å². The fourth-order valence-electron chi connectivity index (χ4n) is 5.46. The Morgan fingerprint density at radius 3 is 2.33 bits per heavy atom. The standard InChI is InChI=1S/C32H40N6O5/c1-19(33)34-15-7-10-25-30(40)37-26(32(42)43-4)9-6-5-8-21-11-13-28-23(16-21)24-17-22(12-14-29(24)38(28)3)18-27(31(41)36-25)35-20(2)39/h5-6,11-14,16-17,25-27H,7-10,15,18H2,1-4H3,(H2,33,34)(H,35,39)(H,36,41)(H,37,40)/t25-,26+,27?/m1/s1. The minimum absolute atomic E-state index is 0.210. The lowest BCUT2D eigenvalue weighted by atomic mass is 10.0. The number of rotatable bonds is 6. The van der Waals surface area contributed by atoms with Crippen molar-refractivity contribution in [2.75, 3.05) is 13.7 Å². The number of hydrogen-bond donors (Lipinski definition) is 5. The summed E-state index contributed by atoms with van der Waals surface area (Å²) in [5, 5.41) is 20.9. The minimum Gasteiger partial charge on any atom is -0.467 e. The molecule has 3 amide bonds. The third-order valence-electron chi connectivity index (χ3n) is 7.66. The van der Waals surface area contributed by atoms with Crippen LogP contribution in [0.25, 0.3) is 21.8 Å². The molecular formula is C32H40N6O5. The minimum atomic E-state index is -0.984. The van der Waals surface area contributed by atoms with Crippen LogP contribution in [-0.2, 0) is 43.8 Å². The fourth-order valence-corrected chi connectivity index (χ4v) is 5.46. The predicted octanol–water partition coefficient (Wildman–Crippen LogP) is 2.39. The first-order valence-corrected chi connectivity index (χ1v) is 14.5. The van der Waals surface area contributed by atoms with E-state index in [4.69, 9.17) is 10.1 Å². The molecule has 1 aliphatic rings. The van der Waals surface area contributed by atoms with Crippen molar-refractivity contribution in [2.45, 2.75) is 64.1 Å². The Kier molecular flexibility index (Phi) is 10.2. The van der Waals surface area contributed by atoms with Gasteiger partial charge in [-0.2, -0.15) is 0 Å². The van der Waals surface area contributed by atoms with Gasteiger partial charge >= 0.3 is 5.97 Å². The number of nitrogens with zero attached hydrogens (tertiary/aromatic N) is 1. The van der Waals surface area contributed by atoms with Gasteiger partial charge < -0.3 is 30.6 Å². The Morgan fingerprint density at radius 1 is 1.00 bits per heavy atom. The first kappa shape index (κ1) is 31.3.